The SMILES string of the molecule is CCCCCCCCCc1ccc(C(=O)Oc2ccc(-c3ccc(OC(=O)C(Cl)C(C)C)cc3)cc2)cc1Cl.CCCCCCCCc1ccc(C(=O)Oc2ccc(-c3ccc(OC(=O)C(Cl)C(C)C)cc3)cc2)cc1Cl. The Hall–Kier alpha value is -5.64. The zero-order chi connectivity index (χ0) is 55.7. The van der Waals surface area contributed by atoms with E-state index in [0.29, 0.717) is 44.2 Å². The summed E-state index contributed by atoms with van der Waals surface area (Å²) in [6.45, 7) is 11.9. The minimum Gasteiger partial charge on any atom is -0.425 e. The number of hydrogen-bond donors (Lipinski definition) is 0. The molecule has 0 radical (unpaired) electrons. The molecule has 0 aliphatic heterocycles. The van der Waals surface area contributed by atoms with E-state index in [1.54, 1.807) is 72.8 Å². The van der Waals surface area contributed by atoms with Crippen molar-refractivity contribution < 1.29 is 38.1 Å². The molecule has 6 aromatic carbocycles. The fourth-order valence-electron chi connectivity index (χ4n) is 8.21. The number of alkyl halides is 2. The first kappa shape index (κ1) is 62.2. The number of carbonyl (C=O) groups excluding carboxylic acids is 4. The van der Waals surface area contributed by atoms with Crippen LogP contribution in [-0.2, 0) is 22.4 Å². The predicted octanol–water partition coefficient (Wildman–Crippen LogP) is 19.0. The summed E-state index contributed by atoms with van der Waals surface area (Å²) in [5, 5.41) is -0.179. The van der Waals surface area contributed by atoms with Gasteiger partial charge in [0, 0.05) is 10.0 Å². The first-order valence-corrected chi connectivity index (χ1v) is 28.8. The Morgan fingerprint density at radius 2 is 0.649 bits per heavy atom. The third kappa shape index (κ3) is 20.9. The van der Waals surface area contributed by atoms with E-state index < -0.39 is 34.6 Å². The van der Waals surface area contributed by atoms with Crippen LogP contribution < -0.4 is 18.9 Å². The lowest BCUT2D eigenvalue weighted by Gasteiger charge is -2.12. The van der Waals surface area contributed by atoms with Crippen molar-refractivity contribution in [2.45, 2.75) is 149 Å². The highest BCUT2D eigenvalue weighted by Crippen LogP contribution is 2.29. The Kier molecular flexibility index (Phi) is 26.6. The fourth-order valence-corrected chi connectivity index (χ4v) is 8.84. The topological polar surface area (TPSA) is 105 Å². The van der Waals surface area contributed by atoms with E-state index in [9.17, 15) is 19.2 Å². The van der Waals surface area contributed by atoms with Crippen molar-refractivity contribution in [3.05, 3.63) is 166 Å². The predicted molar refractivity (Wildman–Crippen MR) is 316 cm³/mol. The second-order valence-electron chi connectivity index (χ2n) is 20.0. The van der Waals surface area contributed by atoms with Gasteiger partial charge in [-0.2, -0.15) is 0 Å². The highest BCUT2D eigenvalue weighted by atomic mass is 35.5. The molecule has 0 aliphatic rings. The number of carbonyl (C=O) groups is 4. The molecule has 0 heterocycles. The van der Waals surface area contributed by atoms with Crippen molar-refractivity contribution in [2.24, 2.45) is 11.8 Å². The van der Waals surface area contributed by atoms with Crippen LogP contribution in [-0.4, -0.2) is 34.6 Å². The molecule has 8 nitrogen and oxygen atoms in total. The second-order valence-corrected chi connectivity index (χ2v) is 21.8. The molecule has 0 fully saturated rings. The summed E-state index contributed by atoms with van der Waals surface area (Å²) in [5.41, 5.74) is 6.70. The lowest BCUT2D eigenvalue weighted by atomic mass is 10.0. The number of esters is 4. The number of ether oxygens (including phenoxy) is 4. The molecule has 2 atom stereocenters. The van der Waals surface area contributed by atoms with Gasteiger partial charge in [-0.05, 0) is 144 Å². The molecular formula is C65H74Cl4O8. The largest absolute Gasteiger partial charge is 0.425 e. The normalized spacial score (nSPS) is 11.8. The first-order chi connectivity index (χ1) is 37.1. The van der Waals surface area contributed by atoms with Crippen molar-refractivity contribution >= 4 is 70.3 Å². The Morgan fingerprint density at radius 1 is 0.377 bits per heavy atom. The zero-order valence-electron chi connectivity index (χ0n) is 45.4. The van der Waals surface area contributed by atoms with E-state index in [2.05, 4.69) is 13.8 Å². The van der Waals surface area contributed by atoms with Gasteiger partial charge in [-0.15, -0.1) is 23.2 Å². The fraction of sp³-hybridized carbons (Fsp3) is 0.385. The lowest BCUT2D eigenvalue weighted by Crippen LogP contribution is -2.25. The summed E-state index contributed by atoms with van der Waals surface area (Å²) in [7, 11) is 0. The van der Waals surface area contributed by atoms with Crippen molar-refractivity contribution in [2.75, 3.05) is 0 Å². The summed E-state index contributed by atoms with van der Waals surface area (Å²) in [6, 6.07) is 39.6. The highest BCUT2D eigenvalue weighted by molar-refractivity contribution is 6.32. The molecule has 0 spiro atoms. The maximum absolute atomic E-state index is 12.7. The van der Waals surface area contributed by atoms with Gasteiger partial charge in [-0.3, -0.25) is 9.59 Å². The summed E-state index contributed by atoms with van der Waals surface area (Å²) >= 11 is 25.1. The lowest BCUT2D eigenvalue weighted by molar-refractivity contribution is -0.135. The summed E-state index contributed by atoms with van der Waals surface area (Å²) in [6.07, 6.45) is 17.9. The Labute approximate surface area is 477 Å². The minimum atomic E-state index is -0.691. The number of benzene rings is 6. The molecule has 0 amide bonds. The molecular weight excluding hydrogens is 1050 g/mol. The second kappa shape index (κ2) is 32.9. The van der Waals surface area contributed by atoms with Crippen LogP contribution >= 0.6 is 46.4 Å². The molecule has 77 heavy (non-hydrogen) atoms. The van der Waals surface area contributed by atoms with Gasteiger partial charge in [-0.1, -0.05) is 196 Å². The summed E-state index contributed by atoms with van der Waals surface area (Å²) in [5.74, 6) is -0.0839. The van der Waals surface area contributed by atoms with E-state index in [1.807, 2.05) is 88.4 Å². The first-order valence-electron chi connectivity index (χ1n) is 27.2. The monoisotopic (exact) mass is 1120 g/mol. The summed E-state index contributed by atoms with van der Waals surface area (Å²) in [4.78, 5) is 49.5. The van der Waals surface area contributed by atoms with Gasteiger partial charge in [0.15, 0.2) is 0 Å². The molecule has 6 aromatic rings. The third-order valence-corrected chi connectivity index (χ3v) is 15.1. The van der Waals surface area contributed by atoms with Gasteiger partial charge in [0.25, 0.3) is 0 Å². The van der Waals surface area contributed by atoms with Crippen molar-refractivity contribution in [3.8, 4) is 45.3 Å². The van der Waals surface area contributed by atoms with Crippen LogP contribution in [0.2, 0.25) is 10.0 Å². The van der Waals surface area contributed by atoms with Crippen molar-refractivity contribution in [1.82, 2.24) is 0 Å². The van der Waals surface area contributed by atoms with Gasteiger partial charge in [0.1, 0.15) is 33.8 Å². The zero-order valence-corrected chi connectivity index (χ0v) is 48.4. The third-order valence-electron chi connectivity index (χ3n) is 13.0. The van der Waals surface area contributed by atoms with Crippen LogP contribution in [0.1, 0.15) is 157 Å². The number of rotatable bonds is 27. The Balaban J connectivity index is 0.000000284. The van der Waals surface area contributed by atoms with Crippen LogP contribution in [0.25, 0.3) is 22.3 Å². The standard InChI is InChI=1S/C33H38Cl2O4.C32H36Cl2O4/c1-4-5-6-7-8-9-10-11-26-12-13-27(22-30(26)34)32(36)38-28-18-14-24(15-19-28)25-16-20-29(21-17-25)39-33(37)31(35)23(2)3;1-4-5-6-7-8-9-10-25-11-12-26(21-29(25)33)31(35)37-27-17-13-23(14-18-27)24-15-19-28(20-16-24)38-32(36)30(34)22(2)3/h12-23,31H,4-11H2,1-3H3;11-22,30H,4-10H2,1-3H3. The van der Waals surface area contributed by atoms with E-state index in [4.69, 9.17) is 65.4 Å². The van der Waals surface area contributed by atoms with Crippen LogP contribution in [0, 0.1) is 11.8 Å². The van der Waals surface area contributed by atoms with E-state index in [1.165, 1.54) is 70.6 Å². The minimum absolute atomic E-state index is 0.0118. The van der Waals surface area contributed by atoms with Gasteiger partial charge in [-0.25, -0.2) is 9.59 Å². The molecule has 0 saturated carbocycles. The number of halogens is 4. The van der Waals surface area contributed by atoms with Gasteiger partial charge >= 0.3 is 23.9 Å². The summed E-state index contributed by atoms with van der Waals surface area (Å²) < 4.78 is 21.8. The van der Waals surface area contributed by atoms with Gasteiger partial charge in [0.2, 0.25) is 0 Å². The van der Waals surface area contributed by atoms with Crippen LogP contribution in [0.3, 0.4) is 0 Å². The Bertz CT molecular complexity index is 2770. The van der Waals surface area contributed by atoms with Crippen LogP contribution in [0.15, 0.2) is 133 Å². The molecule has 0 saturated heterocycles. The van der Waals surface area contributed by atoms with E-state index in [0.717, 1.165) is 59.1 Å². The maximum atomic E-state index is 12.7. The smallest absolute Gasteiger partial charge is 0.343 e. The quantitative estimate of drug-likeness (QED) is 0.0217. The van der Waals surface area contributed by atoms with E-state index in [-0.39, 0.29) is 11.8 Å². The average Bonchev–Trinajstić information content (AvgIpc) is 3.42. The number of unbranched alkanes of at least 4 members (excludes halogenated alkanes) is 11. The molecule has 0 aliphatic carbocycles. The molecule has 6 rings (SSSR count). The number of hydrogen-bond acceptors (Lipinski definition) is 8. The highest BCUT2D eigenvalue weighted by Gasteiger charge is 2.23. The average molecular weight is 1130 g/mol. The van der Waals surface area contributed by atoms with Gasteiger partial charge < -0.3 is 18.9 Å². The van der Waals surface area contributed by atoms with Crippen LogP contribution in [0.5, 0.6) is 23.0 Å². The van der Waals surface area contributed by atoms with E-state index >= 15 is 0 Å². The van der Waals surface area contributed by atoms with Crippen molar-refractivity contribution in [3.63, 3.8) is 0 Å². The maximum Gasteiger partial charge on any atom is 0.343 e. The Morgan fingerprint density at radius 3 is 0.922 bits per heavy atom. The van der Waals surface area contributed by atoms with Crippen molar-refractivity contribution in [1.29, 1.82) is 0 Å². The number of aryl methyl sites for hydroxylation is 2. The van der Waals surface area contributed by atoms with Crippen LogP contribution in [0.4, 0.5) is 0 Å². The molecule has 0 aromatic heterocycles. The molecule has 0 N–H and O–H groups in total. The molecule has 2 unspecified atom stereocenters. The van der Waals surface area contributed by atoms with Gasteiger partial charge in [0.05, 0.1) is 11.1 Å². The molecule has 12 heteroatoms. The molecule has 0 bridgehead atoms. The molecule has 410 valence electrons.